The second-order valence-electron chi connectivity index (χ2n) is 14.2. The van der Waals surface area contributed by atoms with Gasteiger partial charge < -0.3 is 4.98 Å². The van der Waals surface area contributed by atoms with Crippen molar-refractivity contribution in [2.45, 2.75) is 19.8 Å². The fourth-order valence-corrected chi connectivity index (χ4v) is 7.25. The summed E-state index contributed by atoms with van der Waals surface area (Å²) in [4.78, 5) is 4.55. The first-order chi connectivity index (χ1) is 28.1. The van der Waals surface area contributed by atoms with Crippen molar-refractivity contribution >= 4 is 32.3 Å². The summed E-state index contributed by atoms with van der Waals surface area (Å²) >= 11 is 0. The zero-order valence-corrected chi connectivity index (χ0v) is 34.4. The van der Waals surface area contributed by atoms with Crippen LogP contribution < -0.4 is 0 Å². The summed E-state index contributed by atoms with van der Waals surface area (Å²) in [6, 6.07) is 67.1. The monoisotopic (exact) mass is 924 g/mol. The van der Waals surface area contributed by atoms with Crippen molar-refractivity contribution in [3.63, 3.8) is 0 Å². The van der Waals surface area contributed by atoms with Gasteiger partial charge in [-0.05, 0) is 61.1 Å². The van der Waals surface area contributed by atoms with E-state index in [1.807, 2.05) is 42.6 Å². The molecule has 0 aliphatic rings. The van der Waals surface area contributed by atoms with E-state index in [1.165, 1.54) is 49.0 Å². The van der Waals surface area contributed by atoms with E-state index >= 15 is 0 Å². The number of hydrogen-bond acceptors (Lipinski definition) is 5. The third kappa shape index (κ3) is 7.94. The third-order valence-corrected chi connectivity index (χ3v) is 10.3. The molecule has 0 unspecified atom stereocenters. The molecule has 1 radical (unpaired) electrons. The van der Waals surface area contributed by atoms with E-state index in [2.05, 4.69) is 191 Å². The summed E-state index contributed by atoms with van der Waals surface area (Å²) in [5.74, 6) is 1.46. The van der Waals surface area contributed by atoms with Crippen LogP contribution in [0.2, 0.25) is 0 Å². The molecular weight excluding hydrogens is 887 g/mol. The van der Waals surface area contributed by atoms with Crippen molar-refractivity contribution in [3.05, 3.63) is 200 Å². The van der Waals surface area contributed by atoms with Crippen LogP contribution in [0.5, 0.6) is 0 Å². The molecule has 0 atom stereocenters. The summed E-state index contributed by atoms with van der Waals surface area (Å²) in [5.41, 5.74) is 9.64. The van der Waals surface area contributed by atoms with Gasteiger partial charge in [-0.25, -0.2) is 0 Å². The van der Waals surface area contributed by atoms with Crippen molar-refractivity contribution < 1.29 is 20.1 Å². The van der Waals surface area contributed by atoms with Crippen molar-refractivity contribution in [1.29, 1.82) is 0 Å². The van der Waals surface area contributed by atoms with Gasteiger partial charge in [0.15, 0.2) is 0 Å². The van der Waals surface area contributed by atoms with Crippen molar-refractivity contribution in [3.8, 4) is 56.3 Å². The predicted octanol–water partition coefficient (Wildman–Crippen LogP) is 12.9. The standard InChI is InChI=1S/C34H21N4.C18H16N.Ir/c1-3-11-29-23(7-1)9-5-13-31(29)25-15-19-27(20-16-25)33-35-37-34(38-36-33)28-21-17-26(18-22-28)32-14-6-10-24-8-2-4-12-30(24)32;1-13(2)15-7-5-8-16(12-15)18-17-9-4-3-6-14(17)10-11-19-18;/h1-21H;3-7,9-13H,1-2H3;/q2*-1;. The average molecular weight is 924 g/mol. The first-order valence-corrected chi connectivity index (χ1v) is 19.1. The van der Waals surface area contributed by atoms with Crippen molar-refractivity contribution in [2.75, 3.05) is 0 Å². The smallest absolute Gasteiger partial charge is 0.201 e. The summed E-state index contributed by atoms with van der Waals surface area (Å²) in [7, 11) is 0. The number of hydrogen-bond donors (Lipinski definition) is 0. The van der Waals surface area contributed by atoms with Gasteiger partial charge in [0.25, 0.3) is 0 Å². The fraction of sp³-hybridized carbons (Fsp3) is 0.0577. The Balaban J connectivity index is 0.000000198. The summed E-state index contributed by atoms with van der Waals surface area (Å²) in [6.45, 7) is 4.41. The molecule has 8 aromatic carbocycles. The molecule has 6 heteroatoms. The third-order valence-electron chi connectivity index (χ3n) is 10.3. The summed E-state index contributed by atoms with van der Waals surface area (Å²) in [6.07, 6.45) is 1.87. The van der Waals surface area contributed by atoms with Crippen molar-refractivity contribution in [2.24, 2.45) is 0 Å². The topological polar surface area (TPSA) is 64.5 Å². The summed E-state index contributed by atoms with van der Waals surface area (Å²) < 4.78 is 0. The molecule has 0 saturated carbocycles. The van der Waals surface area contributed by atoms with E-state index < -0.39 is 0 Å². The van der Waals surface area contributed by atoms with Crippen LogP contribution in [0, 0.1) is 12.1 Å². The van der Waals surface area contributed by atoms with Gasteiger partial charge in [0, 0.05) is 31.9 Å². The van der Waals surface area contributed by atoms with Gasteiger partial charge in [-0.2, -0.15) is 10.2 Å². The Morgan fingerprint density at radius 2 is 0.983 bits per heavy atom. The minimum absolute atomic E-state index is 0. The van der Waals surface area contributed by atoms with Gasteiger partial charge in [-0.3, -0.25) is 0 Å². The minimum atomic E-state index is 0. The Bertz CT molecular complexity index is 2820. The molecule has 10 rings (SSSR count). The number of aromatic nitrogens is 5. The quantitative estimate of drug-likeness (QED) is 0.155. The first kappa shape index (κ1) is 38.2. The first-order valence-electron chi connectivity index (χ1n) is 19.1. The molecule has 0 saturated heterocycles. The Morgan fingerprint density at radius 1 is 0.448 bits per heavy atom. The Morgan fingerprint density at radius 3 is 1.60 bits per heavy atom. The van der Waals surface area contributed by atoms with Gasteiger partial charge in [0.1, 0.15) is 5.82 Å². The van der Waals surface area contributed by atoms with Crippen LogP contribution in [0.1, 0.15) is 25.3 Å². The van der Waals surface area contributed by atoms with E-state index in [4.69, 9.17) is 0 Å². The minimum Gasteiger partial charge on any atom is -0.304 e. The zero-order chi connectivity index (χ0) is 38.6. The second-order valence-corrected chi connectivity index (χ2v) is 14.2. The molecule has 0 fully saturated rings. The molecule has 2 heterocycles. The maximum atomic E-state index is 4.55. The number of pyridine rings is 1. The van der Waals surface area contributed by atoms with Crippen LogP contribution in [0.3, 0.4) is 0 Å². The predicted molar refractivity (Wildman–Crippen MR) is 233 cm³/mol. The van der Waals surface area contributed by atoms with Gasteiger partial charge in [-0.1, -0.05) is 158 Å². The van der Waals surface area contributed by atoms with Crippen LogP contribution in [-0.2, 0) is 20.1 Å². The van der Waals surface area contributed by atoms with Crippen LogP contribution >= 0.6 is 0 Å². The molecule has 5 nitrogen and oxygen atoms in total. The molecule has 0 spiro atoms. The van der Waals surface area contributed by atoms with E-state index in [1.54, 1.807) is 0 Å². The van der Waals surface area contributed by atoms with Crippen LogP contribution in [0.4, 0.5) is 0 Å². The number of benzene rings is 8. The molecular formula is C52H37IrN5-2. The van der Waals surface area contributed by atoms with Crippen molar-refractivity contribution in [1.82, 2.24) is 25.4 Å². The Hall–Kier alpha value is -6.72. The van der Waals surface area contributed by atoms with Crippen LogP contribution in [-0.4, -0.2) is 25.4 Å². The van der Waals surface area contributed by atoms with E-state index in [-0.39, 0.29) is 20.1 Å². The number of fused-ring (bicyclic) bond motifs is 3. The normalized spacial score (nSPS) is 10.9. The molecule has 0 aliphatic heterocycles. The molecule has 58 heavy (non-hydrogen) atoms. The van der Waals surface area contributed by atoms with E-state index in [0.717, 1.165) is 33.5 Å². The number of rotatable bonds is 6. The van der Waals surface area contributed by atoms with Gasteiger partial charge >= 0.3 is 0 Å². The molecule has 0 N–H and O–H groups in total. The SMILES string of the molecule is CC(C)c1cc[c-]c(-c2nccc3ccccc23)c1.[Ir].[c-]1cc(-c2cccc3ccccc23)ccc1-c1nnc(-c2ccc(-c3cccc4ccccc34)cc2)nn1. The molecule has 281 valence electrons. The molecule has 0 amide bonds. The maximum Gasteiger partial charge on any atom is 0.201 e. The molecule has 0 bridgehead atoms. The summed E-state index contributed by atoms with van der Waals surface area (Å²) in [5, 5.41) is 24.7. The molecule has 2 aromatic heterocycles. The van der Waals surface area contributed by atoms with E-state index in [9.17, 15) is 0 Å². The Kier molecular flexibility index (Phi) is 11.3. The largest absolute Gasteiger partial charge is 0.304 e. The zero-order valence-electron chi connectivity index (χ0n) is 32.0. The van der Waals surface area contributed by atoms with Gasteiger partial charge in [0.2, 0.25) is 5.82 Å². The average Bonchev–Trinajstić information content (AvgIpc) is 3.29. The van der Waals surface area contributed by atoms with Crippen LogP contribution in [0.15, 0.2) is 182 Å². The van der Waals surface area contributed by atoms with Gasteiger partial charge in [-0.15, -0.1) is 75.4 Å². The second kappa shape index (κ2) is 17.2. The molecule has 0 aliphatic carbocycles. The molecule has 10 aromatic rings. The Labute approximate surface area is 351 Å². The fourth-order valence-electron chi connectivity index (χ4n) is 7.25. The van der Waals surface area contributed by atoms with E-state index in [0.29, 0.717) is 17.6 Å². The maximum absolute atomic E-state index is 4.55. The van der Waals surface area contributed by atoms with Crippen LogP contribution in [0.25, 0.3) is 88.6 Å². The van der Waals surface area contributed by atoms with Gasteiger partial charge in [0.05, 0.1) is 0 Å². The number of nitrogens with zero attached hydrogens (tertiary/aromatic N) is 5.